The van der Waals surface area contributed by atoms with Crippen molar-refractivity contribution in [1.82, 2.24) is 0 Å². The van der Waals surface area contributed by atoms with E-state index in [0.29, 0.717) is 0 Å². The summed E-state index contributed by atoms with van der Waals surface area (Å²) in [6, 6.07) is 6.04. The van der Waals surface area contributed by atoms with Crippen molar-refractivity contribution in [3.05, 3.63) is 26.6 Å². The molecule has 2 aromatic rings. The molecule has 0 aliphatic heterocycles. The first kappa shape index (κ1) is 9.76. The van der Waals surface area contributed by atoms with Crippen LogP contribution in [0.15, 0.2) is 23.1 Å². The highest BCUT2D eigenvalue weighted by Gasteiger charge is 2.04. The van der Waals surface area contributed by atoms with Crippen LogP contribution in [-0.4, -0.2) is 5.11 Å². The number of hydrogen-bond donors (Lipinski definition) is 2. The second-order valence-corrected chi connectivity index (χ2v) is 6.20. The van der Waals surface area contributed by atoms with Crippen molar-refractivity contribution < 1.29 is 5.11 Å². The second-order valence-electron chi connectivity index (χ2n) is 2.74. The number of fused-ring (bicyclic) bond motifs is 1. The lowest BCUT2D eigenvalue weighted by Crippen LogP contribution is -1.81. The zero-order chi connectivity index (χ0) is 9.42. The molecule has 1 nitrogen and oxygen atoms in total. The van der Waals surface area contributed by atoms with E-state index >= 15 is 0 Å². The summed E-state index contributed by atoms with van der Waals surface area (Å²) >= 11 is 8.40. The average molecular weight is 322 g/mol. The van der Waals surface area contributed by atoms with Gasteiger partial charge in [0, 0.05) is 15.0 Å². The number of thiol groups is 1. The lowest BCUT2D eigenvalue weighted by atomic mass is 10.2. The Morgan fingerprint density at radius 1 is 1.38 bits per heavy atom. The monoisotopic (exact) mass is 322 g/mol. The Kier molecular flexibility index (Phi) is 2.83. The van der Waals surface area contributed by atoms with E-state index in [2.05, 4.69) is 41.3 Å². The number of aliphatic hydroxyl groups is 1. The molecule has 1 N–H and O–H groups in total. The third kappa shape index (κ3) is 1.86. The third-order valence-corrected chi connectivity index (χ3v) is 4.04. The predicted molar refractivity (Wildman–Crippen MR) is 67.7 cm³/mol. The Hall–Kier alpha value is 0.220. The van der Waals surface area contributed by atoms with Crippen molar-refractivity contribution in [2.45, 2.75) is 11.5 Å². The molecule has 0 atom stereocenters. The highest BCUT2D eigenvalue weighted by molar-refractivity contribution is 14.1. The van der Waals surface area contributed by atoms with Gasteiger partial charge >= 0.3 is 0 Å². The van der Waals surface area contributed by atoms with Crippen LogP contribution < -0.4 is 0 Å². The van der Waals surface area contributed by atoms with Crippen LogP contribution in [0.4, 0.5) is 0 Å². The van der Waals surface area contributed by atoms with E-state index in [0.717, 1.165) is 10.5 Å². The maximum Gasteiger partial charge on any atom is 0.0682 e. The van der Waals surface area contributed by atoms with E-state index in [4.69, 9.17) is 5.11 Å². The minimum absolute atomic E-state index is 0.0813. The molecular formula is C9H7IOS2. The summed E-state index contributed by atoms with van der Waals surface area (Å²) in [7, 11) is 0. The largest absolute Gasteiger partial charge is 0.392 e. The van der Waals surface area contributed by atoms with E-state index in [1.165, 1.54) is 13.0 Å². The van der Waals surface area contributed by atoms with Crippen LogP contribution in [0.5, 0.6) is 0 Å². The van der Waals surface area contributed by atoms with Crippen molar-refractivity contribution in [3.8, 4) is 0 Å². The Morgan fingerprint density at radius 3 is 2.85 bits per heavy atom. The van der Waals surface area contributed by atoms with Crippen LogP contribution in [0.2, 0.25) is 0 Å². The predicted octanol–water partition coefficient (Wildman–Crippen LogP) is 3.29. The Balaban J connectivity index is 2.75. The maximum atomic E-state index is 9.00. The number of aliphatic hydroxyl groups excluding tert-OH is 1. The molecule has 68 valence electrons. The Labute approximate surface area is 99.3 Å². The SMILES string of the molecule is OCc1cc(S)c2cc(I)sc2c1. The topological polar surface area (TPSA) is 20.2 Å². The molecule has 0 fully saturated rings. The highest BCUT2D eigenvalue weighted by atomic mass is 127. The standard InChI is InChI=1S/C9H7IOS2/c10-9-3-6-7(12)1-5(4-11)2-8(6)13-9/h1-3,11-12H,4H2. The minimum atomic E-state index is 0.0813. The molecule has 0 bridgehead atoms. The lowest BCUT2D eigenvalue weighted by Gasteiger charge is -1.99. The van der Waals surface area contributed by atoms with Crippen molar-refractivity contribution in [3.63, 3.8) is 0 Å². The quantitative estimate of drug-likeness (QED) is 0.610. The number of benzene rings is 1. The van der Waals surface area contributed by atoms with Gasteiger partial charge in [-0.15, -0.1) is 24.0 Å². The zero-order valence-electron chi connectivity index (χ0n) is 6.62. The van der Waals surface area contributed by atoms with Crippen molar-refractivity contribution in [2.75, 3.05) is 0 Å². The normalized spacial score (nSPS) is 11.0. The molecule has 0 unspecified atom stereocenters. The van der Waals surface area contributed by atoms with Gasteiger partial charge in [0.15, 0.2) is 0 Å². The van der Waals surface area contributed by atoms with Crippen molar-refractivity contribution >= 4 is 56.6 Å². The molecular weight excluding hydrogens is 315 g/mol. The van der Waals surface area contributed by atoms with Crippen LogP contribution in [0.25, 0.3) is 10.1 Å². The summed E-state index contributed by atoms with van der Waals surface area (Å²) in [6.45, 7) is 0.0813. The van der Waals surface area contributed by atoms with Gasteiger partial charge in [-0.3, -0.25) is 0 Å². The van der Waals surface area contributed by atoms with Crippen LogP contribution in [0, 0.1) is 2.88 Å². The van der Waals surface area contributed by atoms with Gasteiger partial charge in [-0.25, -0.2) is 0 Å². The molecule has 0 saturated heterocycles. The van der Waals surface area contributed by atoms with Gasteiger partial charge in [0.2, 0.25) is 0 Å². The van der Waals surface area contributed by atoms with Gasteiger partial charge in [0.05, 0.1) is 9.49 Å². The van der Waals surface area contributed by atoms with Gasteiger partial charge < -0.3 is 5.11 Å². The first-order valence-electron chi connectivity index (χ1n) is 3.72. The van der Waals surface area contributed by atoms with Crippen LogP contribution >= 0.6 is 46.6 Å². The maximum absolute atomic E-state index is 9.00. The molecule has 1 aromatic carbocycles. The van der Waals surface area contributed by atoms with Crippen LogP contribution in [0.3, 0.4) is 0 Å². The molecule has 0 amide bonds. The molecule has 0 aliphatic carbocycles. The summed E-state index contributed by atoms with van der Waals surface area (Å²) in [5.41, 5.74) is 0.927. The van der Waals surface area contributed by atoms with Crippen molar-refractivity contribution in [1.29, 1.82) is 0 Å². The zero-order valence-corrected chi connectivity index (χ0v) is 10.5. The lowest BCUT2D eigenvalue weighted by molar-refractivity contribution is 0.282. The molecule has 0 spiro atoms. The number of thiophene rings is 1. The summed E-state index contributed by atoms with van der Waals surface area (Å²) in [5.74, 6) is 0. The van der Waals surface area contributed by atoms with Crippen LogP contribution in [-0.2, 0) is 6.61 Å². The molecule has 1 heterocycles. The van der Waals surface area contributed by atoms with Gasteiger partial charge in [-0.05, 0) is 46.4 Å². The molecule has 2 rings (SSSR count). The van der Waals surface area contributed by atoms with Gasteiger partial charge in [0.1, 0.15) is 0 Å². The van der Waals surface area contributed by atoms with Crippen molar-refractivity contribution in [2.24, 2.45) is 0 Å². The van der Waals surface area contributed by atoms with Gasteiger partial charge in [-0.1, -0.05) is 0 Å². The second kappa shape index (κ2) is 3.76. The summed E-state index contributed by atoms with van der Waals surface area (Å²) in [6.07, 6.45) is 0. The highest BCUT2D eigenvalue weighted by Crippen LogP contribution is 2.32. The smallest absolute Gasteiger partial charge is 0.0682 e. The van der Waals surface area contributed by atoms with Crippen LogP contribution in [0.1, 0.15) is 5.56 Å². The number of rotatable bonds is 1. The van der Waals surface area contributed by atoms with E-state index < -0.39 is 0 Å². The first-order chi connectivity index (χ1) is 6.20. The number of hydrogen-bond acceptors (Lipinski definition) is 3. The summed E-state index contributed by atoms with van der Waals surface area (Å²) in [5, 5.41) is 10.2. The molecule has 1 aromatic heterocycles. The number of halogens is 1. The van der Waals surface area contributed by atoms with E-state index in [-0.39, 0.29) is 6.61 Å². The molecule has 0 aliphatic rings. The fraction of sp³-hybridized carbons (Fsp3) is 0.111. The minimum Gasteiger partial charge on any atom is -0.392 e. The first-order valence-corrected chi connectivity index (χ1v) is 6.07. The summed E-state index contributed by atoms with van der Waals surface area (Å²) in [4.78, 5) is 0.945. The Bertz CT molecular complexity index is 450. The Morgan fingerprint density at radius 2 is 2.15 bits per heavy atom. The molecule has 0 radical (unpaired) electrons. The van der Waals surface area contributed by atoms with E-state index in [9.17, 15) is 0 Å². The van der Waals surface area contributed by atoms with Gasteiger partial charge in [0.25, 0.3) is 0 Å². The van der Waals surface area contributed by atoms with Gasteiger partial charge in [-0.2, -0.15) is 0 Å². The average Bonchev–Trinajstić information content (AvgIpc) is 2.46. The molecule has 13 heavy (non-hydrogen) atoms. The fourth-order valence-corrected chi connectivity index (χ4v) is 3.56. The van der Waals surface area contributed by atoms with E-state index in [1.807, 2.05) is 12.1 Å². The summed E-state index contributed by atoms with van der Waals surface area (Å²) < 4.78 is 2.44. The third-order valence-electron chi connectivity index (χ3n) is 1.83. The molecule has 4 heteroatoms. The molecule has 0 saturated carbocycles. The van der Waals surface area contributed by atoms with E-state index in [1.54, 1.807) is 11.3 Å². The fourth-order valence-electron chi connectivity index (χ4n) is 1.24.